The molecule has 266 valence electrons. The number of aromatic nitrogens is 2. The van der Waals surface area contributed by atoms with Gasteiger partial charge in [0.1, 0.15) is 30.6 Å². The Balaban J connectivity index is 1.42. The van der Waals surface area contributed by atoms with E-state index in [2.05, 4.69) is 45.0 Å². The monoisotopic (exact) mass is 688 g/mol. The van der Waals surface area contributed by atoms with Crippen molar-refractivity contribution in [2.24, 2.45) is 5.92 Å². The van der Waals surface area contributed by atoms with E-state index in [1.807, 2.05) is 30.3 Å². The Morgan fingerprint density at radius 1 is 0.940 bits per heavy atom. The largest absolute Gasteiger partial charge is 0.447 e. The number of benzene rings is 2. The number of amides is 6. The zero-order valence-electron chi connectivity index (χ0n) is 28.5. The van der Waals surface area contributed by atoms with Crippen LogP contribution in [0.4, 0.5) is 4.79 Å². The molecule has 5 rings (SSSR count). The SMILES string of the molecule is CC(C)Cc1nc2ccc3cc2n1CCCNC(=O)[C@@H](C)NC(=O)[C@H](Cc1ccccc1)NC(=O)CN(C(=O)[C@@H]1COC(=O)N1)CCNC3=O. The van der Waals surface area contributed by atoms with Gasteiger partial charge in [0.15, 0.2) is 0 Å². The summed E-state index contributed by atoms with van der Waals surface area (Å²) in [4.78, 5) is 84.5. The van der Waals surface area contributed by atoms with Crippen molar-refractivity contribution in [1.82, 2.24) is 41.0 Å². The number of imidazole rings is 1. The van der Waals surface area contributed by atoms with Crippen LogP contribution < -0.4 is 26.6 Å². The molecule has 2 aliphatic rings. The predicted molar refractivity (Wildman–Crippen MR) is 183 cm³/mol. The zero-order valence-corrected chi connectivity index (χ0v) is 28.5. The van der Waals surface area contributed by atoms with Crippen LogP contribution in [0.15, 0.2) is 48.5 Å². The van der Waals surface area contributed by atoms with Crippen molar-refractivity contribution in [3.8, 4) is 0 Å². The van der Waals surface area contributed by atoms with Crippen LogP contribution >= 0.6 is 0 Å². The number of carbonyl (C=O) groups is 6. The summed E-state index contributed by atoms with van der Waals surface area (Å²) in [6, 6.07) is 11.3. The average Bonchev–Trinajstić information content (AvgIpc) is 3.67. The maximum Gasteiger partial charge on any atom is 0.407 e. The first kappa shape index (κ1) is 35.8. The first-order valence-electron chi connectivity index (χ1n) is 16.9. The highest BCUT2D eigenvalue weighted by atomic mass is 16.6. The van der Waals surface area contributed by atoms with Gasteiger partial charge in [0.25, 0.3) is 5.91 Å². The molecule has 15 heteroatoms. The number of hydrogen-bond acceptors (Lipinski definition) is 8. The highest BCUT2D eigenvalue weighted by Gasteiger charge is 2.34. The lowest BCUT2D eigenvalue weighted by atomic mass is 10.0. The molecule has 3 aromatic rings. The van der Waals surface area contributed by atoms with Gasteiger partial charge >= 0.3 is 6.09 Å². The van der Waals surface area contributed by atoms with Gasteiger partial charge in [-0.25, -0.2) is 9.78 Å². The van der Waals surface area contributed by atoms with Crippen molar-refractivity contribution in [2.75, 3.05) is 32.8 Å². The van der Waals surface area contributed by atoms with Gasteiger partial charge in [-0.05, 0) is 43.0 Å². The lowest BCUT2D eigenvalue weighted by molar-refractivity contribution is -0.138. The first-order chi connectivity index (χ1) is 24.0. The van der Waals surface area contributed by atoms with E-state index in [-0.39, 0.29) is 37.9 Å². The topological polar surface area (TPSA) is 193 Å². The molecule has 50 heavy (non-hydrogen) atoms. The van der Waals surface area contributed by atoms with Gasteiger partial charge in [-0.2, -0.15) is 0 Å². The molecule has 0 unspecified atom stereocenters. The van der Waals surface area contributed by atoms with Gasteiger partial charge < -0.3 is 40.8 Å². The van der Waals surface area contributed by atoms with E-state index in [0.29, 0.717) is 31.0 Å². The molecule has 5 N–H and O–H groups in total. The van der Waals surface area contributed by atoms with Crippen LogP contribution in [0.2, 0.25) is 0 Å². The summed E-state index contributed by atoms with van der Waals surface area (Å²) in [5.41, 5.74) is 2.68. The van der Waals surface area contributed by atoms with Gasteiger partial charge in [0.2, 0.25) is 23.6 Å². The second-order valence-corrected chi connectivity index (χ2v) is 13.0. The molecule has 2 aromatic carbocycles. The number of carbonyl (C=O) groups excluding carboxylic acids is 6. The van der Waals surface area contributed by atoms with E-state index in [0.717, 1.165) is 28.8 Å². The number of hydrogen-bond donors (Lipinski definition) is 5. The number of fused-ring (bicyclic) bond motifs is 1. The van der Waals surface area contributed by atoms with Crippen molar-refractivity contribution in [2.45, 2.75) is 64.7 Å². The van der Waals surface area contributed by atoms with E-state index in [1.54, 1.807) is 25.1 Å². The summed E-state index contributed by atoms with van der Waals surface area (Å²) in [6.45, 7) is 5.87. The molecule has 6 amide bonds. The Labute approximate surface area is 289 Å². The van der Waals surface area contributed by atoms with Crippen molar-refractivity contribution in [1.29, 1.82) is 0 Å². The van der Waals surface area contributed by atoms with Crippen LogP contribution in [0.5, 0.6) is 0 Å². The second-order valence-electron chi connectivity index (χ2n) is 13.0. The van der Waals surface area contributed by atoms with Gasteiger partial charge in [-0.15, -0.1) is 0 Å². The molecular weight excluding hydrogens is 644 g/mol. The molecule has 0 radical (unpaired) electrons. The molecule has 0 saturated carbocycles. The lowest BCUT2D eigenvalue weighted by Crippen LogP contribution is -2.56. The van der Waals surface area contributed by atoms with Crippen LogP contribution in [0.1, 0.15) is 48.9 Å². The van der Waals surface area contributed by atoms with Gasteiger partial charge in [-0.3, -0.25) is 24.0 Å². The molecule has 1 saturated heterocycles. The summed E-state index contributed by atoms with van der Waals surface area (Å²) < 4.78 is 6.96. The third kappa shape index (κ3) is 9.15. The van der Waals surface area contributed by atoms with Crippen LogP contribution in [-0.4, -0.2) is 101 Å². The standard InChI is InChI=1S/C35H44N8O7/c1-21(2)16-29-39-25-11-10-24-18-28(25)43(29)14-7-12-36-31(45)22(3)38-33(47)26(17-23-8-5-4-6-9-23)40-30(44)19-42(15-13-37-32(24)46)34(48)27-20-50-35(49)41-27/h4-6,8-11,18,21-22,26-27H,7,12-17,19-20H2,1-3H3,(H,36,45)(H,37,46)(H,38,47)(H,40,44)(H,41,49)/t22-,26+,27+/m1/s1. The van der Waals surface area contributed by atoms with Crippen molar-refractivity contribution < 1.29 is 33.5 Å². The second kappa shape index (κ2) is 16.3. The Bertz CT molecular complexity index is 1740. The molecule has 3 heterocycles. The summed E-state index contributed by atoms with van der Waals surface area (Å²) >= 11 is 0. The summed E-state index contributed by atoms with van der Waals surface area (Å²) in [7, 11) is 0. The fourth-order valence-electron chi connectivity index (χ4n) is 5.95. The number of aryl methyl sites for hydroxylation is 1. The van der Waals surface area contributed by atoms with Gasteiger partial charge in [0, 0.05) is 44.6 Å². The number of cyclic esters (lactones) is 1. The molecule has 0 spiro atoms. The zero-order chi connectivity index (χ0) is 35.8. The van der Waals surface area contributed by atoms with E-state index >= 15 is 0 Å². The number of alkyl carbamates (subject to hydrolysis) is 1. The average molecular weight is 689 g/mol. The number of nitrogens with zero attached hydrogens (tertiary/aromatic N) is 3. The minimum atomic E-state index is -1.07. The fraction of sp³-hybridized carbons (Fsp3) is 0.457. The van der Waals surface area contributed by atoms with E-state index in [9.17, 15) is 28.8 Å². The minimum Gasteiger partial charge on any atom is -0.447 e. The van der Waals surface area contributed by atoms with Gasteiger partial charge in [0.05, 0.1) is 17.6 Å². The Morgan fingerprint density at radius 2 is 1.72 bits per heavy atom. The molecule has 15 nitrogen and oxygen atoms in total. The van der Waals surface area contributed by atoms with Crippen LogP contribution in [0, 0.1) is 5.92 Å². The van der Waals surface area contributed by atoms with Crippen LogP contribution in [0.25, 0.3) is 11.0 Å². The molecule has 0 aliphatic carbocycles. The van der Waals surface area contributed by atoms with Gasteiger partial charge in [-0.1, -0.05) is 44.2 Å². The maximum atomic E-state index is 13.5. The maximum absolute atomic E-state index is 13.5. The number of nitrogens with one attached hydrogen (secondary N) is 5. The molecule has 1 aromatic heterocycles. The third-order valence-corrected chi connectivity index (χ3v) is 8.51. The Hall–Kier alpha value is -5.47. The van der Waals surface area contributed by atoms with Crippen molar-refractivity contribution in [3.63, 3.8) is 0 Å². The third-order valence-electron chi connectivity index (χ3n) is 8.51. The van der Waals surface area contributed by atoms with Crippen molar-refractivity contribution >= 4 is 46.7 Å². The predicted octanol–water partition coefficient (Wildman–Crippen LogP) is 0.654. The molecule has 1 fully saturated rings. The Morgan fingerprint density at radius 3 is 2.44 bits per heavy atom. The van der Waals surface area contributed by atoms with Crippen molar-refractivity contribution in [3.05, 3.63) is 65.5 Å². The first-order valence-corrected chi connectivity index (χ1v) is 16.9. The number of rotatable bonds is 5. The lowest BCUT2D eigenvalue weighted by Gasteiger charge is -2.26. The smallest absolute Gasteiger partial charge is 0.407 e. The minimum absolute atomic E-state index is 0.00546. The van der Waals surface area contributed by atoms with E-state index < -0.39 is 48.5 Å². The molecule has 2 aliphatic heterocycles. The summed E-state index contributed by atoms with van der Waals surface area (Å²) in [6.07, 6.45) is 0.662. The molecule has 3 atom stereocenters. The van der Waals surface area contributed by atoms with E-state index in [1.165, 1.54) is 4.90 Å². The molecular formula is C35H44N8O7. The van der Waals surface area contributed by atoms with Crippen LogP contribution in [-0.2, 0) is 43.3 Å². The van der Waals surface area contributed by atoms with Crippen LogP contribution in [0.3, 0.4) is 0 Å². The quantitative estimate of drug-likeness (QED) is 0.258. The highest BCUT2D eigenvalue weighted by molar-refractivity contribution is 5.98. The summed E-state index contributed by atoms with van der Waals surface area (Å²) in [5, 5.41) is 13.6. The molecule has 2 bridgehead atoms. The summed E-state index contributed by atoms with van der Waals surface area (Å²) in [5.74, 6) is -1.37. The normalized spacial score (nSPS) is 21.5. The number of ether oxygens (including phenoxy) is 1. The van der Waals surface area contributed by atoms with E-state index in [4.69, 9.17) is 9.72 Å². The Kier molecular flexibility index (Phi) is 11.7. The fourth-order valence-corrected chi connectivity index (χ4v) is 5.95. The highest BCUT2D eigenvalue weighted by Crippen LogP contribution is 2.21.